The van der Waals surface area contributed by atoms with Crippen LogP contribution in [0.1, 0.15) is 31.7 Å². The molecule has 18 heavy (non-hydrogen) atoms. The summed E-state index contributed by atoms with van der Waals surface area (Å²) in [6.07, 6.45) is 3.76. The lowest BCUT2D eigenvalue weighted by molar-refractivity contribution is 0.405. The number of rotatable bonds is 3. The zero-order chi connectivity index (χ0) is 13.1. The number of anilines is 1. The summed E-state index contributed by atoms with van der Waals surface area (Å²) >= 11 is 6.30. The second-order valence-corrected chi connectivity index (χ2v) is 5.35. The molecule has 1 aromatic rings. The van der Waals surface area contributed by atoms with Crippen molar-refractivity contribution in [2.24, 2.45) is 11.7 Å². The maximum atomic E-state index is 7.41. The van der Waals surface area contributed by atoms with Gasteiger partial charge >= 0.3 is 0 Å². The van der Waals surface area contributed by atoms with E-state index in [1.807, 2.05) is 12.1 Å². The highest BCUT2D eigenvalue weighted by atomic mass is 35.5. The molecule has 98 valence electrons. The van der Waals surface area contributed by atoms with Crippen molar-refractivity contribution in [3.05, 3.63) is 28.8 Å². The Labute approximate surface area is 113 Å². The topological polar surface area (TPSA) is 53.1 Å². The van der Waals surface area contributed by atoms with E-state index >= 15 is 0 Å². The van der Waals surface area contributed by atoms with Crippen LogP contribution in [-0.2, 0) is 0 Å². The Morgan fingerprint density at radius 3 is 2.94 bits per heavy atom. The van der Waals surface area contributed by atoms with E-state index in [1.165, 1.54) is 19.3 Å². The molecule has 1 unspecified atom stereocenters. The average Bonchev–Trinajstić information content (AvgIpc) is 2.38. The Hall–Kier alpha value is -1.22. The molecule has 1 aliphatic heterocycles. The standard InChI is InChI=1S/C14H20ClN3/c1-2-10-4-3-7-18(9-10)13-6-5-11(14(16)17)8-12(13)15/h5-6,8,10H,2-4,7,9H2,1H3,(H3,16,17). The van der Waals surface area contributed by atoms with Gasteiger partial charge in [0.2, 0.25) is 0 Å². The number of amidine groups is 1. The number of benzene rings is 1. The minimum absolute atomic E-state index is 0.0635. The normalized spacial score (nSPS) is 19.9. The summed E-state index contributed by atoms with van der Waals surface area (Å²) in [4.78, 5) is 2.35. The van der Waals surface area contributed by atoms with Gasteiger partial charge in [-0.2, -0.15) is 0 Å². The Bertz CT molecular complexity index is 445. The van der Waals surface area contributed by atoms with Gasteiger partial charge in [-0.25, -0.2) is 0 Å². The van der Waals surface area contributed by atoms with E-state index in [2.05, 4.69) is 11.8 Å². The molecule has 0 spiro atoms. The first kappa shape index (κ1) is 13.2. The number of nitrogen functional groups attached to an aromatic ring is 1. The fourth-order valence-corrected chi connectivity index (χ4v) is 2.85. The molecule has 1 atom stereocenters. The lowest BCUT2D eigenvalue weighted by Crippen LogP contribution is -2.35. The van der Waals surface area contributed by atoms with Crippen LogP contribution in [0.2, 0.25) is 5.02 Å². The Morgan fingerprint density at radius 1 is 1.56 bits per heavy atom. The summed E-state index contributed by atoms with van der Waals surface area (Å²) in [5.41, 5.74) is 7.22. The molecule has 0 radical (unpaired) electrons. The van der Waals surface area contributed by atoms with E-state index in [0.29, 0.717) is 10.6 Å². The van der Waals surface area contributed by atoms with Gasteiger partial charge in [0, 0.05) is 18.7 Å². The van der Waals surface area contributed by atoms with Crippen LogP contribution in [0.3, 0.4) is 0 Å². The van der Waals surface area contributed by atoms with Crippen LogP contribution in [-0.4, -0.2) is 18.9 Å². The Morgan fingerprint density at radius 2 is 2.33 bits per heavy atom. The number of nitrogens with one attached hydrogen (secondary N) is 1. The zero-order valence-corrected chi connectivity index (χ0v) is 11.5. The lowest BCUT2D eigenvalue weighted by Gasteiger charge is -2.34. The minimum Gasteiger partial charge on any atom is -0.384 e. The van der Waals surface area contributed by atoms with Crippen molar-refractivity contribution in [1.82, 2.24) is 0 Å². The second-order valence-electron chi connectivity index (χ2n) is 4.94. The number of piperidine rings is 1. The molecular formula is C14H20ClN3. The van der Waals surface area contributed by atoms with Crippen LogP contribution in [0, 0.1) is 11.3 Å². The maximum Gasteiger partial charge on any atom is 0.122 e. The quantitative estimate of drug-likeness (QED) is 0.651. The number of nitrogens with two attached hydrogens (primary N) is 1. The average molecular weight is 266 g/mol. The van der Waals surface area contributed by atoms with Crippen molar-refractivity contribution in [1.29, 1.82) is 5.41 Å². The predicted molar refractivity (Wildman–Crippen MR) is 77.7 cm³/mol. The lowest BCUT2D eigenvalue weighted by atomic mass is 9.95. The van der Waals surface area contributed by atoms with Crippen molar-refractivity contribution in [3.63, 3.8) is 0 Å². The van der Waals surface area contributed by atoms with Gasteiger partial charge in [0.05, 0.1) is 10.7 Å². The first-order valence-corrected chi connectivity index (χ1v) is 6.88. The van der Waals surface area contributed by atoms with Gasteiger partial charge in [-0.15, -0.1) is 0 Å². The molecule has 0 saturated carbocycles. The summed E-state index contributed by atoms with van der Waals surface area (Å²) in [6.45, 7) is 4.39. The van der Waals surface area contributed by atoms with Gasteiger partial charge in [-0.05, 0) is 37.0 Å². The molecule has 1 aliphatic rings. The molecule has 1 saturated heterocycles. The first-order chi connectivity index (χ1) is 8.61. The van der Waals surface area contributed by atoms with Crippen molar-refractivity contribution in [2.75, 3.05) is 18.0 Å². The minimum atomic E-state index is 0.0635. The van der Waals surface area contributed by atoms with Gasteiger partial charge in [0.1, 0.15) is 5.84 Å². The second kappa shape index (κ2) is 5.61. The molecule has 3 nitrogen and oxygen atoms in total. The van der Waals surface area contributed by atoms with Crippen LogP contribution < -0.4 is 10.6 Å². The van der Waals surface area contributed by atoms with Crippen LogP contribution in [0.5, 0.6) is 0 Å². The third-order valence-electron chi connectivity index (χ3n) is 3.70. The molecule has 2 rings (SSSR count). The highest BCUT2D eigenvalue weighted by Gasteiger charge is 2.20. The first-order valence-electron chi connectivity index (χ1n) is 6.50. The maximum absolute atomic E-state index is 7.41. The van der Waals surface area contributed by atoms with E-state index in [1.54, 1.807) is 6.07 Å². The Balaban J connectivity index is 2.20. The van der Waals surface area contributed by atoms with Gasteiger partial charge in [-0.3, -0.25) is 5.41 Å². The molecule has 0 amide bonds. The van der Waals surface area contributed by atoms with Crippen LogP contribution in [0.4, 0.5) is 5.69 Å². The largest absolute Gasteiger partial charge is 0.384 e. The predicted octanol–water partition coefficient (Wildman–Crippen LogP) is 3.25. The van der Waals surface area contributed by atoms with Gasteiger partial charge in [0.25, 0.3) is 0 Å². The summed E-state index contributed by atoms with van der Waals surface area (Å²) in [5.74, 6) is 0.829. The summed E-state index contributed by atoms with van der Waals surface area (Å²) in [6, 6.07) is 5.64. The summed E-state index contributed by atoms with van der Waals surface area (Å²) in [7, 11) is 0. The van der Waals surface area contributed by atoms with E-state index in [4.69, 9.17) is 22.7 Å². The van der Waals surface area contributed by atoms with E-state index in [0.717, 1.165) is 24.7 Å². The molecule has 0 aliphatic carbocycles. The van der Waals surface area contributed by atoms with E-state index in [9.17, 15) is 0 Å². The monoisotopic (exact) mass is 265 g/mol. The molecule has 1 heterocycles. The van der Waals surface area contributed by atoms with Gasteiger partial charge in [0.15, 0.2) is 0 Å². The molecule has 0 aromatic heterocycles. The molecule has 4 heteroatoms. The van der Waals surface area contributed by atoms with Gasteiger partial charge < -0.3 is 10.6 Å². The van der Waals surface area contributed by atoms with Crippen molar-refractivity contribution < 1.29 is 0 Å². The molecule has 3 N–H and O–H groups in total. The van der Waals surface area contributed by atoms with Crippen LogP contribution in [0.25, 0.3) is 0 Å². The molecule has 1 fully saturated rings. The number of halogens is 1. The van der Waals surface area contributed by atoms with E-state index in [-0.39, 0.29) is 5.84 Å². The van der Waals surface area contributed by atoms with Crippen molar-refractivity contribution >= 4 is 23.1 Å². The van der Waals surface area contributed by atoms with E-state index < -0.39 is 0 Å². The fourth-order valence-electron chi connectivity index (χ4n) is 2.55. The third-order valence-corrected chi connectivity index (χ3v) is 4.00. The van der Waals surface area contributed by atoms with Crippen LogP contribution >= 0.6 is 11.6 Å². The smallest absolute Gasteiger partial charge is 0.122 e. The molecular weight excluding hydrogens is 246 g/mol. The number of hydrogen-bond acceptors (Lipinski definition) is 2. The van der Waals surface area contributed by atoms with Crippen molar-refractivity contribution in [3.8, 4) is 0 Å². The van der Waals surface area contributed by atoms with Crippen molar-refractivity contribution in [2.45, 2.75) is 26.2 Å². The molecule has 1 aromatic carbocycles. The SMILES string of the molecule is CCC1CCCN(c2ccc(C(=N)N)cc2Cl)C1. The number of nitrogens with zero attached hydrogens (tertiary/aromatic N) is 1. The third kappa shape index (κ3) is 2.78. The summed E-state index contributed by atoms with van der Waals surface area (Å²) < 4.78 is 0. The fraction of sp³-hybridized carbons (Fsp3) is 0.500. The van der Waals surface area contributed by atoms with Crippen LogP contribution in [0.15, 0.2) is 18.2 Å². The number of hydrogen-bond donors (Lipinski definition) is 2. The highest BCUT2D eigenvalue weighted by Crippen LogP contribution is 2.31. The summed E-state index contributed by atoms with van der Waals surface area (Å²) in [5, 5.41) is 8.11. The zero-order valence-electron chi connectivity index (χ0n) is 10.7. The molecule has 0 bridgehead atoms. The van der Waals surface area contributed by atoms with Gasteiger partial charge in [-0.1, -0.05) is 24.9 Å². The highest BCUT2D eigenvalue weighted by molar-refractivity contribution is 6.33. The Kier molecular flexibility index (Phi) is 4.12.